The van der Waals surface area contributed by atoms with E-state index in [9.17, 15) is 4.79 Å². The minimum absolute atomic E-state index is 0.167. The highest BCUT2D eigenvalue weighted by Gasteiger charge is 2.54. The lowest BCUT2D eigenvalue weighted by atomic mass is 9.95. The van der Waals surface area contributed by atoms with Crippen LogP contribution in [-0.4, -0.2) is 21.9 Å². The van der Waals surface area contributed by atoms with Crippen LogP contribution in [0, 0.1) is 0 Å². The highest BCUT2D eigenvalue weighted by Crippen LogP contribution is 2.50. The van der Waals surface area contributed by atoms with Gasteiger partial charge in [-0.15, -0.1) is 0 Å². The van der Waals surface area contributed by atoms with E-state index in [2.05, 4.69) is 70.1 Å². The number of carbonyl (C=O) groups is 1. The van der Waals surface area contributed by atoms with E-state index in [0.717, 1.165) is 30.5 Å². The van der Waals surface area contributed by atoms with Crippen LogP contribution < -0.4 is 0 Å². The molecule has 2 aliphatic rings. The average molecular weight is 338 g/mol. The molecule has 1 aromatic heterocycles. The van der Waals surface area contributed by atoms with Gasteiger partial charge in [-0.2, -0.15) is 0 Å². The van der Waals surface area contributed by atoms with Crippen LogP contribution in [0.5, 0.6) is 0 Å². The number of aromatic nitrogens is 1. The Morgan fingerprint density at radius 2 is 1.38 bits per heavy atom. The molecule has 0 radical (unpaired) electrons. The molecule has 2 aliphatic heterocycles. The second-order valence-electron chi connectivity index (χ2n) is 7.29. The van der Waals surface area contributed by atoms with Crippen LogP contribution in [0.3, 0.4) is 0 Å². The van der Waals surface area contributed by atoms with Gasteiger partial charge >= 0.3 is 0 Å². The molecular formula is C23H18N2O. The van der Waals surface area contributed by atoms with Gasteiger partial charge in [0.25, 0.3) is 5.91 Å². The van der Waals surface area contributed by atoms with E-state index >= 15 is 0 Å². The third-order valence-corrected chi connectivity index (χ3v) is 6.14. The Morgan fingerprint density at radius 3 is 2.12 bits per heavy atom. The van der Waals surface area contributed by atoms with Crippen molar-refractivity contribution in [2.75, 3.05) is 6.54 Å². The summed E-state index contributed by atoms with van der Waals surface area (Å²) in [6.07, 6.45) is 1.99. The second-order valence-corrected chi connectivity index (χ2v) is 7.29. The Balaban J connectivity index is 1.82. The Bertz CT molecular complexity index is 1150. The van der Waals surface area contributed by atoms with Gasteiger partial charge in [0.2, 0.25) is 0 Å². The molecule has 0 bridgehead atoms. The first-order chi connectivity index (χ1) is 12.8. The minimum Gasteiger partial charge on any atom is -0.312 e. The number of hydrogen-bond donors (Lipinski definition) is 0. The first-order valence-electron chi connectivity index (χ1n) is 9.22. The molecule has 3 heterocycles. The summed E-state index contributed by atoms with van der Waals surface area (Å²) in [5, 5.41) is 2.50. The van der Waals surface area contributed by atoms with Crippen LogP contribution >= 0.6 is 0 Å². The number of nitrogens with zero attached hydrogens (tertiary/aromatic N) is 2. The molecule has 1 fully saturated rings. The molecular weight excluding hydrogens is 320 g/mol. The number of rotatable bonds is 1. The lowest BCUT2D eigenvalue weighted by Crippen LogP contribution is -2.44. The molecule has 0 aliphatic carbocycles. The van der Waals surface area contributed by atoms with Gasteiger partial charge in [0.1, 0.15) is 5.66 Å². The number of amides is 1. The number of para-hydroxylation sites is 2. The molecule has 1 atom stereocenters. The first-order valence-corrected chi connectivity index (χ1v) is 9.22. The van der Waals surface area contributed by atoms with Gasteiger partial charge in [-0.3, -0.25) is 4.79 Å². The van der Waals surface area contributed by atoms with Gasteiger partial charge in [0.05, 0.1) is 11.0 Å². The van der Waals surface area contributed by atoms with E-state index in [1.165, 1.54) is 21.8 Å². The average Bonchev–Trinajstić information content (AvgIpc) is 3.33. The molecule has 1 amide bonds. The Hall–Kier alpha value is -3.07. The molecule has 6 rings (SSSR count). The van der Waals surface area contributed by atoms with Crippen molar-refractivity contribution in [3.63, 3.8) is 0 Å². The van der Waals surface area contributed by atoms with Crippen LogP contribution in [0.2, 0.25) is 0 Å². The van der Waals surface area contributed by atoms with Crippen molar-refractivity contribution in [1.82, 2.24) is 9.47 Å². The second kappa shape index (κ2) is 4.76. The fourth-order valence-corrected chi connectivity index (χ4v) is 5.19. The molecule has 126 valence electrons. The SMILES string of the molecule is O=C1c2ccccc2C2(n3c4ccccc4c4ccccc43)CCCN12. The highest BCUT2D eigenvalue weighted by molar-refractivity contribution is 6.09. The lowest BCUT2D eigenvalue weighted by molar-refractivity contribution is 0.0621. The number of hydrogen-bond acceptors (Lipinski definition) is 1. The highest BCUT2D eigenvalue weighted by atomic mass is 16.2. The zero-order valence-corrected chi connectivity index (χ0v) is 14.4. The molecule has 0 saturated carbocycles. The molecule has 4 aromatic rings. The van der Waals surface area contributed by atoms with Crippen molar-refractivity contribution < 1.29 is 4.79 Å². The summed E-state index contributed by atoms with van der Waals surface area (Å²) in [6, 6.07) is 25.3. The van der Waals surface area contributed by atoms with Gasteiger partial charge in [-0.25, -0.2) is 0 Å². The maximum atomic E-state index is 13.2. The fraction of sp³-hybridized carbons (Fsp3) is 0.174. The largest absolute Gasteiger partial charge is 0.312 e. The molecule has 0 spiro atoms. The number of fused-ring (bicyclic) bond motifs is 6. The minimum atomic E-state index is -0.406. The van der Waals surface area contributed by atoms with Crippen LogP contribution in [-0.2, 0) is 5.66 Å². The fourth-order valence-electron chi connectivity index (χ4n) is 5.19. The summed E-state index contributed by atoms with van der Waals surface area (Å²) in [5.41, 5.74) is 3.99. The van der Waals surface area contributed by atoms with Crippen molar-refractivity contribution in [3.8, 4) is 0 Å². The van der Waals surface area contributed by atoms with E-state index in [1.54, 1.807) is 0 Å². The van der Waals surface area contributed by atoms with Crippen LogP contribution in [0.15, 0.2) is 72.8 Å². The van der Waals surface area contributed by atoms with E-state index in [0.29, 0.717) is 0 Å². The third-order valence-electron chi connectivity index (χ3n) is 6.14. The standard InChI is InChI=1S/C23H18N2O/c26-22-18-10-1-4-11-19(18)23(14-7-15-24(22)23)25-20-12-5-2-8-16(20)17-9-3-6-13-21(17)25/h1-6,8-13H,7,14-15H2. The zero-order chi connectivity index (χ0) is 17.3. The molecule has 0 N–H and O–H groups in total. The molecule has 26 heavy (non-hydrogen) atoms. The van der Waals surface area contributed by atoms with E-state index in [-0.39, 0.29) is 5.91 Å². The normalized spacial score (nSPS) is 21.5. The Labute approximate surface area is 151 Å². The Morgan fingerprint density at radius 1 is 0.769 bits per heavy atom. The van der Waals surface area contributed by atoms with E-state index in [4.69, 9.17) is 0 Å². The van der Waals surface area contributed by atoms with Crippen LogP contribution in [0.4, 0.5) is 0 Å². The van der Waals surface area contributed by atoms with Crippen LogP contribution in [0.1, 0.15) is 28.8 Å². The van der Waals surface area contributed by atoms with E-state index in [1.807, 2.05) is 12.1 Å². The zero-order valence-electron chi connectivity index (χ0n) is 14.4. The van der Waals surface area contributed by atoms with Crippen molar-refractivity contribution in [1.29, 1.82) is 0 Å². The van der Waals surface area contributed by atoms with Gasteiger partial charge in [-0.1, -0.05) is 54.6 Å². The maximum Gasteiger partial charge on any atom is 0.256 e. The van der Waals surface area contributed by atoms with Gasteiger partial charge in [0, 0.05) is 28.4 Å². The maximum absolute atomic E-state index is 13.2. The smallest absolute Gasteiger partial charge is 0.256 e. The number of carbonyl (C=O) groups excluding carboxylic acids is 1. The first kappa shape index (κ1) is 14.1. The van der Waals surface area contributed by atoms with Gasteiger partial charge < -0.3 is 9.47 Å². The van der Waals surface area contributed by atoms with E-state index < -0.39 is 5.66 Å². The molecule has 3 aromatic carbocycles. The van der Waals surface area contributed by atoms with Crippen molar-refractivity contribution in [3.05, 3.63) is 83.9 Å². The Kier molecular flexibility index (Phi) is 2.59. The molecule has 1 saturated heterocycles. The van der Waals surface area contributed by atoms with Gasteiger partial charge in [0.15, 0.2) is 0 Å². The third kappa shape index (κ3) is 1.48. The predicted octanol–water partition coefficient (Wildman–Crippen LogP) is 4.75. The van der Waals surface area contributed by atoms with Gasteiger partial charge in [-0.05, 0) is 31.0 Å². The summed E-state index contributed by atoms with van der Waals surface area (Å²) < 4.78 is 2.42. The summed E-state index contributed by atoms with van der Waals surface area (Å²) in [7, 11) is 0. The molecule has 3 nitrogen and oxygen atoms in total. The summed E-state index contributed by atoms with van der Waals surface area (Å²) in [6.45, 7) is 0.814. The predicted molar refractivity (Wildman–Crippen MR) is 103 cm³/mol. The number of benzene rings is 3. The van der Waals surface area contributed by atoms with Crippen LogP contribution in [0.25, 0.3) is 21.8 Å². The lowest BCUT2D eigenvalue weighted by Gasteiger charge is -2.36. The summed E-state index contributed by atoms with van der Waals surface area (Å²) in [5.74, 6) is 0.167. The topological polar surface area (TPSA) is 25.2 Å². The monoisotopic (exact) mass is 338 g/mol. The molecule has 1 unspecified atom stereocenters. The van der Waals surface area contributed by atoms with Crippen molar-refractivity contribution in [2.24, 2.45) is 0 Å². The quantitative estimate of drug-likeness (QED) is 0.492. The summed E-state index contributed by atoms with van der Waals surface area (Å²) >= 11 is 0. The molecule has 3 heteroatoms. The summed E-state index contributed by atoms with van der Waals surface area (Å²) in [4.78, 5) is 15.3. The van der Waals surface area contributed by atoms with Crippen molar-refractivity contribution in [2.45, 2.75) is 18.5 Å². The van der Waals surface area contributed by atoms with Crippen molar-refractivity contribution >= 4 is 27.7 Å².